The highest BCUT2D eigenvalue weighted by molar-refractivity contribution is 7.91. The van der Waals surface area contributed by atoms with Crippen molar-refractivity contribution in [2.45, 2.75) is 50.7 Å². The zero-order chi connectivity index (χ0) is 15.8. The first-order valence-electron chi connectivity index (χ1n) is 9.07. The molecule has 23 heavy (non-hydrogen) atoms. The Kier molecular flexibility index (Phi) is 3.02. The fraction of sp³-hybridized carbons (Fsp3) is 0.941. The molecule has 0 aromatic carbocycles. The molecule has 1 amide bonds. The summed E-state index contributed by atoms with van der Waals surface area (Å²) >= 11 is 0. The van der Waals surface area contributed by atoms with Crippen molar-refractivity contribution in [1.82, 2.24) is 4.90 Å². The summed E-state index contributed by atoms with van der Waals surface area (Å²) < 4.78 is 29.7. The Morgan fingerprint density at radius 1 is 1.00 bits per heavy atom. The molecule has 128 valence electrons. The summed E-state index contributed by atoms with van der Waals surface area (Å²) in [6, 6.07) is -0.241. The van der Waals surface area contributed by atoms with Gasteiger partial charge in [-0.1, -0.05) is 0 Å². The third kappa shape index (κ3) is 2.20. The number of rotatable bonds is 1. The second-order valence-corrected chi connectivity index (χ2v) is 10.9. The molecule has 6 aliphatic rings. The minimum Gasteiger partial charge on any atom is -0.373 e. The predicted molar refractivity (Wildman–Crippen MR) is 84.5 cm³/mol. The molecule has 6 fully saturated rings. The summed E-state index contributed by atoms with van der Waals surface area (Å²) in [6.07, 6.45) is 6.77. The highest BCUT2D eigenvalue weighted by Crippen LogP contribution is 2.60. The topological polar surface area (TPSA) is 63.7 Å². The summed E-state index contributed by atoms with van der Waals surface area (Å²) in [5.74, 6) is 2.63. The van der Waals surface area contributed by atoms with Crippen molar-refractivity contribution in [2.75, 3.05) is 24.7 Å². The van der Waals surface area contributed by atoms with E-state index in [1.807, 2.05) is 4.90 Å². The minimum absolute atomic E-state index is 0.0856. The smallest absolute Gasteiger partial charge is 0.229 e. The molecule has 4 saturated carbocycles. The maximum atomic E-state index is 13.5. The van der Waals surface area contributed by atoms with E-state index in [1.54, 1.807) is 0 Å². The first-order valence-corrected chi connectivity index (χ1v) is 10.9. The number of carbonyl (C=O) groups excluding carboxylic acids is 1. The van der Waals surface area contributed by atoms with E-state index in [9.17, 15) is 13.2 Å². The number of fused-ring (bicyclic) bond motifs is 1. The molecule has 6 rings (SSSR count). The number of nitrogens with zero attached hydrogens (tertiary/aromatic N) is 1. The van der Waals surface area contributed by atoms with E-state index in [2.05, 4.69) is 0 Å². The monoisotopic (exact) mass is 339 g/mol. The van der Waals surface area contributed by atoms with Crippen LogP contribution in [-0.2, 0) is 19.4 Å². The van der Waals surface area contributed by atoms with Crippen molar-refractivity contribution in [1.29, 1.82) is 0 Å². The molecule has 2 atom stereocenters. The third-order valence-corrected chi connectivity index (χ3v) is 8.78. The van der Waals surface area contributed by atoms with Gasteiger partial charge >= 0.3 is 0 Å². The second-order valence-electron chi connectivity index (χ2n) is 8.75. The average Bonchev–Trinajstić information content (AvgIpc) is 2.78. The minimum atomic E-state index is -3.07. The lowest BCUT2D eigenvalue weighted by atomic mass is 9.49. The maximum Gasteiger partial charge on any atom is 0.229 e. The highest BCUT2D eigenvalue weighted by Gasteiger charge is 2.57. The van der Waals surface area contributed by atoms with Gasteiger partial charge in [-0.25, -0.2) is 8.42 Å². The largest absolute Gasteiger partial charge is 0.373 e. The van der Waals surface area contributed by atoms with E-state index < -0.39 is 9.84 Å². The summed E-state index contributed by atoms with van der Waals surface area (Å²) in [6.45, 7) is 1.05. The fourth-order valence-corrected chi connectivity index (χ4v) is 8.51. The van der Waals surface area contributed by atoms with Gasteiger partial charge in [0.15, 0.2) is 9.84 Å². The molecule has 4 aliphatic carbocycles. The van der Waals surface area contributed by atoms with Crippen molar-refractivity contribution < 1.29 is 17.9 Å². The molecule has 5 nitrogen and oxygen atoms in total. The lowest BCUT2D eigenvalue weighted by Crippen LogP contribution is -2.60. The van der Waals surface area contributed by atoms with Gasteiger partial charge in [0.1, 0.15) is 0 Å². The van der Waals surface area contributed by atoms with Crippen LogP contribution in [0.4, 0.5) is 0 Å². The van der Waals surface area contributed by atoms with E-state index in [4.69, 9.17) is 4.74 Å². The second kappa shape index (κ2) is 4.72. The SMILES string of the molecule is O=C(N1CCOC2CS(=O)(=O)CC21)C12CC3CC(CC(C3)C1)C2. The molecule has 0 aromatic heterocycles. The van der Waals surface area contributed by atoms with Crippen LogP contribution in [0.25, 0.3) is 0 Å². The van der Waals surface area contributed by atoms with Gasteiger partial charge in [-0.3, -0.25) is 4.79 Å². The Morgan fingerprint density at radius 3 is 2.22 bits per heavy atom. The summed E-state index contributed by atoms with van der Waals surface area (Å²) in [5.41, 5.74) is -0.178. The molecule has 4 bridgehead atoms. The van der Waals surface area contributed by atoms with E-state index in [0.717, 1.165) is 37.0 Å². The Hall–Kier alpha value is -0.620. The molecular formula is C17H25NO4S. The number of hydrogen-bond donors (Lipinski definition) is 0. The Balaban J connectivity index is 1.44. The summed E-state index contributed by atoms with van der Waals surface area (Å²) in [5, 5.41) is 0. The number of ether oxygens (including phenoxy) is 1. The van der Waals surface area contributed by atoms with Gasteiger partial charge in [0, 0.05) is 6.54 Å². The van der Waals surface area contributed by atoms with E-state index in [-0.39, 0.29) is 35.0 Å². The van der Waals surface area contributed by atoms with Crippen LogP contribution in [0.2, 0.25) is 0 Å². The van der Waals surface area contributed by atoms with Crippen LogP contribution in [-0.4, -0.2) is 56.0 Å². The fourth-order valence-electron chi connectivity index (χ4n) is 6.64. The van der Waals surface area contributed by atoms with Crippen LogP contribution < -0.4 is 0 Å². The molecule has 2 saturated heterocycles. The van der Waals surface area contributed by atoms with Gasteiger partial charge < -0.3 is 9.64 Å². The first kappa shape index (κ1) is 14.7. The van der Waals surface area contributed by atoms with Crippen molar-refractivity contribution in [3.8, 4) is 0 Å². The van der Waals surface area contributed by atoms with E-state index in [1.165, 1.54) is 19.3 Å². The first-order chi connectivity index (χ1) is 10.9. The molecule has 6 heteroatoms. The molecular weight excluding hydrogens is 314 g/mol. The maximum absolute atomic E-state index is 13.5. The molecule has 0 N–H and O–H groups in total. The Bertz CT molecular complexity index is 608. The third-order valence-electron chi connectivity index (χ3n) is 7.09. The van der Waals surface area contributed by atoms with Gasteiger partial charge in [0.05, 0.1) is 35.7 Å². The summed E-state index contributed by atoms with van der Waals surface area (Å²) in [7, 11) is -3.07. The van der Waals surface area contributed by atoms with Gasteiger partial charge in [-0.15, -0.1) is 0 Å². The van der Waals surface area contributed by atoms with Crippen LogP contribution in [0.15, 0.2) is 0 Å². The quantitative estimate of drug-likeness (QED) is 0.721. The van der Waals surface area contributed by atoms with E-state index >= 15 is 0 Å². The van der Waals surface area contributed by atoms with Crippen molar-refractivity contribution >= 4 is 15.7 Å². The Labute approximate surface area is 137 Å². The normalized spacial score (nSPS) is 50.1. The van der Waals surface area contributed by atoms with Crippen LogP contribution in [0.5, 0.6) is 0 Å². The van der Waals surface area contributed by atoms with Gasteiger partial charge in [-0.05, 0) is 56.3 Å². The number of morpholine rings is 1. The standard InChI is InChI=1S/C17H25NO4S/c19-16(17-6-11-3-12(7-17)5-13(4-11)8-17)18-1-2-22-15-10-23(20,21)9-14(15)18/h11-15H,1-10H2. The predicted octanol–water partition coefficient (Wildman–Crippen LogP) is 1.23. The average molecular weight is 339 g/mol. The van der Waals surface area contributed by atoms with Gasteiger partial charge in [0.2, 0.25) is 5.91 Å². The van der Waals surface area contributed by atoms with Gasteiger partial charge in [-0.2, -0.15) is 0 Å². The number of sulfone groups is 1. The van der Waals surface area contributed by atoms with Crippen LogP contribution >= 0.6 is 0 Å². The molecule has 2 heterocycles. The highest BCUT2D eigenvalue weighted by atomic mass is 32.2. The lowest BCUT2D eigenvalue weighted by molar-refractivity contribution is -0.168. The zero-order valence-corrected chi connectivity index (χ0v) is 14.3. The van der Waals surface area contributed by atoms with Crippen LogP contribution in [0, 0.1) is 23.2 Å². The van der Waals surface area contributed by atoms with Crippen molar-refractivity contribution in [3.05, 3.63) is 0 Å². The molecule has 2 unspecified atom stereocenters. The number of hydrogen-bond acceptors (Lipinski definition) is 4. The van der Waals surface area contributed by atoms with Crippen molar-refractivity contribution in [3.63, 3.8) is 0 Å². The Morgan fingerprint density at radius 2 is 1.61 bits per heavy atom. The molecule has 0 aromatic rings. The van der Waals surface area contributed by atoms with Crippen LogP contribution in [0.3, 0.4) is 0 Å². The molecule has 0 radical (unpaired) electrons. The summed E-state index contributed by atoms with van der Waals surface area (Å²) in [4.78, 5) is 15.4. The number of amides is 1. The lowest BCUT2D eigenvalue weighted by Gasteiger charge is -2.57. The van der Waals surface area contributed by atoms with Crippen molar-refractivity contribution in [2.24, 2.45) is 23.2 Å². The number of carbonyl (C=O) groups is 1. The van der Waals surface area contributed by atoms with E-state index in [0.29, 0.717) is 13.2 Å². The van der Waals surface area contributed by atoms with Gasteiger partial charge in [0.25, 0.3) is 0 Å². The zero-order valence-electron chi connectivity index (χ0n) is 13.4. The van der Waals surface area contributed by atoms with Crippen LogP contribution in [0.1, 0.15) is 38.5 Å². The molecule has 2 aliphatic heterocycles. The molecule has 0 spiro atoms.